The molecule has 0 saturated carbocycles. The summed E-state index contributed by atoms with van der Waals surface area (Å²) in [5, 5.41) is 10.7. The van der Waals surface area contributed by atoms with Gasteiger partial charge in [0.25, 0.3) is 0 Å². The molecule has 0 saturated heterocycles. The van der Waals surface area contributed by atoms with E-state index in [0.717, 1.165) is 154 Å². The van der Waals surface area contributed by atoms with E-state index in [-0.39, 0.29) is 25.7 Å². The van der Waals surface area contributed by atoms with Crippen molar-refractivity contribution in [1.82, 2.24) is 0 Å². The quantitative estimate of drug-likeness (QED) is 0.0169. The number of esters is 4. The molecule has 0 heterocycles. The fraction of sp³-hybridized carbons (Fsp3) is 0.546. The van der Waals surface area contributed by atoms with Crippen molar-refractivity contribution in [3.63, 3.8) is 0 Å². The molecule has 0 aliphatic carbocycles. The first-order valence-electron chi connectivity index (χ1n) is 43.3. The van der Waals surface area contributed by atoms with Gasteiger partial charge in [0.05, 0.1) is 26.4 Å². The highest BCUT2D eigenvalue weighted by atomic mass is 31.2. The van der Waals surface area contributed by atoms with E-state index in [4.69, 9.17) is 37.0 Å². The van der Waals surface area contributed by atoms with Gasteiger partial charge in [0, 0.05) is 25.7 Å². The van der Waals surface area contributed by atoms with Crippen LogP contribution in [0.1, 0.15) is 285 Å². The predicted octanol–water partition coefficient (Wildman–Crippen LogP) is 26.3. The van der Waals surface area contributed by atoms with Crippen molar-refractivity contribution < 1.29 is 80.2 Å². The van der Waals surface area contributed by atoms with Crippen LogP contribution in [0.25, 0.3) is 0 Å². The maximum atomic E-state index is 13.2. The normalized spacial score (nSPS) is 14.9. The molecule has 0 aromatic heterocycles. The third kappa shape index (κ3) is 84.8. The number of allylic oxidation sites excluding steroid dienone is 40. The molecule has 0 aromatic carbocycles. The minimum absolute atomic E-state index is 0.0106. The highest BCUT2D eigenvalue weighted by molar-refractivity contribution is 7.47. The zero-order valence-electron chi connectivity index (χ0n) is 71.3. The van der Waals surface area contributed by atoms with Gasteiger partial charge < -0.3 is 33.8 Å². The van der Waals surface area contributed by atoms with Gasteiger partial charge in [-0.3, -0.25) is 37.3 Å². The number of hydrogen-bond donors (Lipinski definition) is 3. The zero-order chi connectivity index (χ0) is 84.5. The molecule has 5 atom stereocenters. The molecule has 0 amide bonds. The fourth-order valence-electron chi connectivity index (χ4n) is 10.3. The summed E-state index contributed by atoms with van der Waals surface area (Å²) < 4.78 is 68.6. The summed E-state index contributed by atoms with van der Waals surface area (Å²) in [6.45, 7) is 4.31. The van der Waals surface area contributed by atoms with Crippen LogP contribution in [-0.4, -0.2) is 96.7 Å². The summed E-state index contributed by atoms with van der Waals surface area (Å²) in [7, 11) is -10.1. The molecule has 116 heavy (non-hydrogen) atoms. The van der Waals surface area contributed by atoms with Gasteiger partial charge in [0.1, 0.15) is 19.3 Å². The molecule has 0 spiro atoms. The first kappa shape index (κ1) is 109. The predicted molar refractivity (Wildman–Crippen MR) is 481 cm³/mol. The van der Waals surface area contributed by atoms with Crippen molar-refractivity contribution in [2.24, 2.45) is 0 Å². The average Bonchev–Trinajstić information content (AvgIpc) is 0.898. The fourth-order valence-corrected chi connectivity index (χ4v) is 11.9. The summed E-state index contributed by atoms with van der Waals surface area (Å²) in [5.41, 5.74) is 0. The summed E-state index contributed by atoms with van der Waals surface area (Å²) in [5.74, 6) is -2.47. The smallest absolute Gasteiger partial charge is 0.462 e. The lowest BCUT2D eigenvalue weighted by molar-refractivity contribution is -0.161. The molecule has 0 radical (unpaired) electrons. The summed E-state index contributed by atoms with van der Waals surface area (Å²) in [4.78, 5) is 73.3. The number of phosphoric acid groups is 2. The molecule has 2 unspecified atom stereocenters. The van der Waals surface area contributed by atoms with E-state index in [2.05, 4.69) is 234 Å². The number of unbranched alkanes of at least 4 members (excludes halogenated alkanes) is 12. The largest absolute Gasteiger partial charge is 0.472 e. The van der Waals surface area contributed by atoms with E-state index >= 15 is 0 Å². The molecular formula is C97H150O17P2. The van der Waals surface area contributed by atoms with E-state index in [9.17, 15) is 43.2 Å². The van der Waals surface area contributed by atoms with Crippen LogP contribution in [0.5, 0.6) is 0 Å². The first-order chi connectivity index (χ1) is 56.7. The number of carbonyl (C=O) groups is 4. The molecule has 650 valence electrons. The molecule has 0 aliphatic heterocycles. The van der Waals surface area contributed by atoms with Gasteiger partial charge in [-0.05, 0) is 193 Å². The Labute approximate surface area is 701 Å². The summed E-state index contributed by atoms with van der Waals surface area (Å²) in [6.07, 6.45) is 113. The van der Waals surface area contributed by atoms with Crippen LogP contribution < -0.4 is 0 Å². The van der Waals surface area contributed by atoms with Crippen LogP contribution in [0.2, 0.25) is 0 Å². The maximum Gasteiger partial charge on any atom is 0.472 e. The second-order valence-electron chi connectivity index (χ2n) is 27.6. The second-order valence-corrected chi connectivity index (χ2v) is 30.6. The van der Waals surface area contributed by atoms with Gasteiger partial charge in [-0.2, -0.15) is 0 Å². The van der Waals surface area contributed by atoms with Gasteiger partial charge in [-0.25, -0.2) is 9.13 Å². The molecule has 0 bridgehead atoms. The lowest BCUT2D eigenvalue weighted by Gasteiger charge is -2.21. The van der Waals surface area contributed by atoms with Gasteiger partial charge in [-0.15, -0.1) is 0 Å². The number of aliphatic hydroxyl groups is 1. The number of phosphoric ester groups is 2. The van der Waals surface area contributed by atoms with Crippen LogP contribution in [0.4, 0.5) is 0 Å². The number of aliphatic hydroxyl groups excluding tert-OH is 1. The molecule has 0 aromatic rings. The van der Waals surface area contributed by atoms with E-state index in [1.54, 1.807) is 0 Å². The minimum atomic E-state index is -5.04. The second kappa shape index (κ2) is 85.7. The van der Waals surface area contributed by atoms with Crippen LogP contribution in [-0.2, 0) is 65.4 Å². The molecule has 17 nitrogen and oxygen atoms in total. The zero-order valence-corrected chi connectivity index (χ0v) is 73.1. The standard InChI is InChI=1S/C97H150O17P2/c1-5-9-13-17-21-25-29-33-37-41-45-49-53-57-61-65-69-73-77-81-94(99)107-87-92(113-96(101)83-79-75-71-67-63-59-55-51-47-43-39-35-31-27-23-19-15-11-7-3)89-111-115(103,104)109-85-91(98)86-110-116(105,106)112-90-93(114-97(102)84-80-76-72-68-64-60-56-52-48-44-40-36-32-28-24-20-16-12-8-4)88-108-95(100)82-78-74-70-66-62-58-54-50-46-42-38-34-30-26-22-18-14-10-6-2/h9,11,13,15,21-28,33-40,45-52,57-64,70,72,74,76,91-93,98H,5-8,10,12,14,16-20,29-32,41-44,53-56,65-69,71,73,75,77-90H2,1-4H3,(H,103,104)(H,105,106)/b13-9-,15-11-,25-21-,26-22-,27-23-,28-24-,37-33-,38-34-,39-35-,40-36-,49-45-,50-46-,51-47-,52-48-,61-57-,62-58-,63-59-,64-60-,74-70-,76-72-/t91-,92-,93-/m1/s1. The Morgan fingerprint density at radius 3 is 0.741 bits per heavy atom. The Hall–Kier alpha value is -7.14. The van der Waals surface area contributed by atoms with E-state index in [1.807, 2.05) is 36.5 Å². The lowest BCUT2D eigenvalue weighted by atomic mass is 10.1. The molecule has 3 N–H and O–H groups in total. The molecule has 0 fully saturated rings. The van der Waals surface area contributed by atoms with Crippen molar-refractivity contribution in [1.29, 1.82) is 0 Å². The summed E-state index contributed by atoms with van der Waals surface area (Å²) >= 11 is 0. The monoisotopic (exact) mass is 1650 g/mol. The maximum absolute atomic E-state index is 13.2. The van der Waals surface area contributed by atoms with Gasteiger partial charge in [0.15, 0.2) is 12.2 Å². The van der Waals surface area contributed by atoms with E-state index in [0.29, 0.717) is 38.5 Å². The molecule has 19 heteroatoms. The van der Waals surface area contributed by atoms with Crippen molar-refractivity contribution in [3.05, 3.63) is 243 Å². The SMILES string of the molecule is CC/C=C\C/C=C\C/C=C\C/C=C\C/C=C\CCCCCC(=O)OC[C@H](COP(=O)(O)OC[C@@H](O)COP(=O)(O)OC[C@@H](COC(=O)CC/C=C\C/C=C\C/C=C\C/C=C\C/C=C\CCCCC)OC(=O)CC/C=C\C/C=C\C/C=C\C/C=C\C/C=C\CCCCC)OC(=O)CCCCC/C=C\C/C=C\C/C=C\C/C=C\C/C=C\CC. The Morgan fingerprint density at radius 2 is 0.466 bits per heavy atom. The van der Waals surface area contributed by atoms with Gasteiger partial charge in [0.2, 0.25) is 0 Å². The Morgan fingerprint density at radius 1 is 0.250 bits per heavy atom. The van der Waals surface area contributed by atoms with Crippen molar-refractivity contribution in [2.45, 2.75) is 303 Å². The highest BCUT2D eigenvalue weighted by Crippen LogP contribution is 2.45. The van der Waals surface area contributed by atoms with E-state index in [1.165, 1.54) is 38.5 Å². The van der Waals surface area contributed by atoms with Gasteiger partial charge >= 0.3 is 39.5 Å². The van der Waals surface area contributed by atoms with Crippen molar-refractivity contribution in [3.8, 4) is 0 Å². The minimum Gasteiger partial charge on any atom is -0.462 e. The summed E-state index contributed by atoms with van der Waals surface area (Å²) in [6, 6.07) is 0. The number of carbonyl (C=O) groups excluding carboxylic acids is 4. The van der Waals surface area contributed by atoms with Crippen molar-refractivity contribution in [2.75, 3.05) is 39.6 Å². The first-order valence-corrected chi connectivity index (χ1v) is 46.3. The van der Waals surface area contributed by atoms with Crippen LogP contribution in [0.3, 0.4) is 0 Å². The van der Waals surface area contributed by atoms with E-state index < -0.39 is 97.5 Å². The lowest BCUT2D eigenvalue weighted by Crippen LogP contribution is -2.30. The topological polar surface area (TPSA) is 237 Å². The third-order valence-corrected chi connectivity index (χ3v) is 18.7. The third-order valence-electron chi connectivity index (χ3n) is 16.8. The Balaban J connectivity index is 5.63. The Bertz CT molecular complexity index is 3160. The number of hydrogen-bond acceptors (Lipinski definition) is 15. The molecular weight excluding hydrogens is 1500 g/mol. The van der Waals surface area contributed by atoms with Crippen LogP contribution in [0, 0.1) is 0 Å². The van der Waals surface area contributed by atoms with Crippen molar-refractivity contribution >= 4 is 39.5 Å². The molecule has 0 rings (SSSR count). The number of ether oxygens (including phenoxy) is 4. The van der Waals surface area contributed by atoms with Gasteiger partial charge in [-0.1, -0.05) is 309 Å². The molecule has 0 aliphatic rings. The highest BCUT2D eigenvalue weighted by Gasteiger charge is 2.30. The Kier molecular flexibility index (Phi) is 80.5. The van der Waals surface area contributed by atoms with Crippen LogP contribution >= 0.6 is 15.6 Å². The average molecular weight is 1650 g/mol. The number of rotatable bonds is 78. The van der Waals surface area contributed by atoms with Crippen LogP contribution in [0.15, 0.2) is 243 Å².